The molecule has 1 aromatic carbocycles. The number of aliphatic hydroxyl groups is 1. The Labute approximate surface area is 147 Å². The van der Waals surface area contributed by atoms with Crippen LogP contribution in [-0.4, -0.2) is 58.9 Å². The minimum Gasteiger partial charge on any atom is -0.395 e. The Balaban J connectivity index is 1.46. The Morgan fingerprint density at radius 2 is 1.96 bits per heavy atom. The summed E-state index contributed by atoms with van der Waals surface area (Å²) in [5, 5.41) is 9.64. The number of aliphatic hydroxyl groups excluding tert-OH is 1. The topological polar surface area (TPSA) is 61.6 Å². The molecule has 2 aromatic rings. The molecule has 1 aliphatic carbocycles. The Kier molecular flexibility index (Phi) is 4.72. The summed E-state index contributed by atoms with van der Waals surface area (Å²) < 4.78 is 1.46. The van der Waals surface area contributed by atoms with Crippen LogP contribution in [0.2, 0.25) is 0 Å². The van der Waals surface area contributed by atoms with E-state index in [0.29, 0.717) is 5.39 Å². The van der Waals surface area contributed by atoms with Crippen molar-refractivity contribution in [1.82, 2.24) is 14.5 Å². The molecule has 6 nitrogen and oxygen atoms in total. The molecule has 6 heteroatoms. The van der Waals surface area contributed by atoms with Crippen LogP contribution in [0.15, 0.2) is 29.3 Å². The summed E-state index contributed by atoms with van der Waals surface area (Å²) in [6, 6.07) is 5.91. The molecule has 0 amide bonds. The minimum atomic E-state index is -0.0871. The summed E-state index contributed by atoms with van der Waals surface area (Å²) in [5.41, 5.74) is 1.78. The van der Waals surface area contributed by atoms with Gasteiger partial charge in [0.2, 0.25) is 0 Å². The van der Waals surface area contributed by atoms with E-state index in [-0.39, 0.29) is 18.7 Å². The number of anilines is 1. The molecule has 1 aromatic heterocycles. The van der Waals surface area contributed by atoms with Gasteiger partial charge in [-0.25, -0.2) is 4.98 Å². The number of hydrogen-bond donors (Lipinski definition) is 1. The maximum atomic E-state index is 12.4. The van der Waals surface area contributed by atoms with Gasteiger partial charge in [-0.1, -0.05) is 6.42 Å². The van der Waals surface area contributed by atoms with Crippen molar-refractivity contribution in [3.8, 4) is 0 Å². The summed E-state index contributed by atoms with van der Waals surface area (Å²) in [7, 11) is 0. The summed E-state index contributed by atoms with van der Waals surface area (Å²) in [6.45, 7) is 5.76. The first-order valence-electron chi connectivity index (χ1n) is 9.32. The first kappa shape index (κ1) is 16.5. The lowest BCUT2D eigenvalue weighted by atomic mass is 9.85. The molecule has 4 rings (SSSR count). The standard InChI is InChI=1S/C19H26N4O2/c24-11-10-23-14-20-18-12-16(4-5-17(18)19(23)25)22-8-6-21(7-9-22)13-15-2-1-3-15/h4-5,12,14-15,24H,1-3,6-11,13H2. The van der Waals surface area contributed by atoms with Gasteiger partial charge in [0, 0.05) is 38.4 Å². The normalized spacial score (nSPS) is 19.3. The van der Waals surface area contributed by atoms with E-state index >= 15 is 0 Å². The van der Waals surface area contributed by atoms with Crippen LogP contribution in [-0.2, 0) is 6.54 Å². The molecule has 2 fully saturated rings. The highest BCUT2D eigenvalue weighted by atomic mass is 16.3. The van der Waals surface area contributed by atoms with Crippen LogP contribution in [0.4, 0.5) is 5.69 Å². The van der Waals surface area contributed by atoms with Crippen LogP contribution in [0.25, 0.3) is 10.9 Å². The molecule has 0 unspecified atom stereocenters. The van der Waals surface area contributed by atoms with Crippen LogP contribution in [0, 0.1) is 5.92 Å². The minimum absolute atomic E-state index is 0.0592. The molecule has 0 atom stereocenters. The summed E-state index contributed by atoms with van der Waals surface area (Å²) in [5.74, 6) is 0.928. The second-order valence-corrected chi connectivity index (χ2v) is 7.25. The van der Waals surface area contributed by atoms with Crippen molar-refractivity contribution in [3.05, 3.63) is 34.9 Å². The molecule has 2 aliphatic rings. The maximum Gasteiger partial charge on any atom is 0.261 e. The molecule has 2 heterocycles. The molecule has 1 N–H and O–H groups in total. The van der Waals surface area contributed by atoms with Gasteiger partial charge in [0.25, 0.3) is 5.56 Å². The third-order valence-corrected chi connectivity index (χ3v) is 5.63. The van der Waals surface area contributed by atoms with Gasteiger partial charge < -0.3 is 10.0 Å². The van der Waals surface area contributed by atoms with Crippen LogP contribution in [0.5, 0.6) is 0 Å². The second-order valence-electron chi connectivity index (χ2n) is 7.25. The monoisotopic (exact) mass is 342 g/mol. The van der Waals surface area contributed by atoms with E-state index in [0.717, 1.165) is 43.3 Å². The first-order valence-corrected chi connectivity index (χ1v) is 9.32. The molecule has 1 aliphatic heterocycles. The third-order valence-electron chi connectivity index (χ3n) is 5.63. The number of rotatable bonds is 5. The molecule has 0 bridgehead atoms. The lowest BCUT2D eigenvalue weighted by Gasteiger charge is -2.39. The van der Waals surface area contributed by atoms with E-state index in [2.05, 4.69) is 14.8 Å². The number of benzene rings is 1. The fraction of sp³-hybridized carbons (Fsp3) is 0.579. The van der Waals surface area contributed by atoms with E-state index in [9.17, 15) is 4.79 Å². The van der Waals surface area contributed by atoms with Crippen LogP contribution in [0.3, 0.4) is 0 Å². The van der Waals surface area contributed by atoms with Gasteiger partial charge in [0.15, 0.2) is 0 Å². The lowest BCUT2D eigenvalue weighted by molar-refractivity contribution is 0.170. The van der Waals surface area contributed by atoms with Crippen molar-refractivity contribution in [2.45, 2.75) is 25.8 Å². The zero-order valence-electron chi connectivity index (χ0n) is 14.6. The molecule has 134 valence electrons. The van der Waals surface area contributed by atoms with E-state index in [4.69, 9.17) is 5.11 Å². The van der Waals surface area contributed by atoms with E-state index in [1.807, 2.05) is 18.2 Å². The highest BCUT2D eigenvalue weighted by Crippen LogP contribution is 2.28. The van der Waals surface area contributed by atoms with Crippen LogP contribution < -0.4 is 10.5 Å². The molecule has 1 saturated carbocycles. The van der Waals surface area contributed by atoms with Gasteiger partial charge in [-0.15, -0.1) is 0 Å². The van der Waals surface area contributed by atoms with E-state index in [1.54, 1.807) is 0 Å². The first-order chi connectivity index (χ1) is 12.2. The highest BCUT2D eigenvalue weighted by molar-refractivity contribution is 5.81. The predicted molar refractivity (Wildman–Crippen MR) is 99.1 cm³/mol. The molecular weight excluding hydrogens is 316 g/mol. The fourth-order valence-corrected chi connectivity index (χ4v) is 3.84. The summed E-state index contributed by atoms with van der Waals surface area (Å²) in [4.78, 5) is 21.8. The van der Waals surface area contributed by atoms with Crippen molar-refractivity contribution in [2.24, 2.45) is 5.92 Å². The summed E-state index contributed by atoms with van der Waals surface area (Å²) in [6.07, 6.45) is 5.75. The number of piperazine rings is 1. The average molecular weight is 342 g/mol. The second kappa shape index (κ2) is 7.14. The van der Waals surface area contributed by atoms with Crippen molar-refractivity contribution in [1.29, 1.82) is 0 Å². The van der Waals surface area contributed by atoms with E-state index in [1.165, 1.54) is 36.7 Å². The Morgan fingerprint density at radius 1 is 1.16 bits per heavy atom. The lowest BCUT2D eigenvalue weighted by Crippen LogP contribution is -2.48. The number of nitrogens with zero attached hydrogens (tertiary/aromatic N) is 4. The van der Waals surface area contributed by atoms with Crippen LogP contribution in [0.1, 0.15) is 19.3 Å². The SMILES string of the molecule is O=c1c2ccc(N3CCN(CC4CCC4)CC3)cc2ncn1CCO. The van der Waals surface area contributed by atoms with Gasteiger partial charge >= 0.3 is 0 Å². The molecule has 1 saturated heterocycles. The third kappa shape index (κ3) is 3.41. The molecule has 0 spiro atoms. The fourth-order valence-electron chi connectivity index (χ4n) is 3.84. The smallest absolute Gasteiger partial charge is 0.261 e. The van der Waals surface area contributed by atoms with Crippen molar-refractivity contribution in [2.75, 3.05) is 44.2 Å². The van der Waals surface area contributed by atoms with E-state index < -0.39 is 0 Å². The Morgan fingerprint density at radius 3 is 2.64 bits per heavy atom. The number of hydrogen-bond acceptors (Lipinski definition) is 5. The Bertz CT molecular complexity index is 792. The zero-order valence-corrected chi connectivity index (χ0v) is 14.6. The highest BCUT2D eigenvalue weighted by Gasteiger charge is 2.23. The number of aromatic nitrogens is 2. The molecular formula is C19H26N4O2. The molecule has 25 heavy (non-hydrogen) atoms. The average Bonchev–Trinajstić information content (AvgIpc) is 2.61. The van der Waals surface area contributed by atoms with Gasteiger partial charge in [-0.3, -0.25) is 14.3 Å². The molecule has 0 radical (unpaired) electrons. The van der Waals surface area contributed by atoms with Crippen molar-refractivity contribution >= 4 is 16.6 Å². The zero-order chi connectivity index (χ0) is 17.2. The Hall–Kier alpha value is -1.92. The quantitative estimate of drug-likeness (QED) is 0.888. The van der Waals surface area contributed by atoms with Gasteiger partial charge in [0.05, 0.1) is 30.4 Å². The van der Waals surface area contributed by atoms with Crippen molar-refractivity contribution in [3.63, 3.8) is 0 Å². The van der Waals surface area contributed by atoms with Crippen molar-refractivity contribution < 1.29 is 5.11 Å². The summed E-state index contributed by atoms with van der Waals surface area (Å²) >= 11 is 0. The van der Waals surface area contributed by atoms with Crippen LogP contribution >= 0.6 is 0 Å². The van der Waals surface area contributed by atoms with Gasteiger partial charge in [-0.05, 0) is 37.0 Å². The van der Waals surface area contributed by atoms with Gasteiger partial charge in [0.1, 0.15) is 0 Å². The maximum absolute atomic E-state index is 12.4. The predicted octanol–water partition coefficient (Wildman–Crippen LogP) is 1.31. The largest absolute Gasteiger partial charge is 0.395 e. The number of fused-ring (bicyclic) bond motifs is 1. The van der Waals surface area contributed by atoms with Gasteiger partial charge in [-0.2, -0.15) is 0 Å².